The Morgan fingerprint density at radius 3 is 2.67 bits per heavy atom. The number of rotatable bonds is 1. The molecule has 2 aliphatic heterocycles. The maximum Gasteiger partial charge on any atom is 0.246 e. The summed E-state index contributed by atoms with van der Waals surface area (Å²) in [6.45, 7) is 2.39. The highest BCUT2D eigenvalue weighted by Gasteiger charge is 2.28. The number of aliphatic imine (C=N–C) groups is 2. The summed E-state index contributed by atoms with van der Waals surface area (Å²) in [5.41, 5.74) is 1.68. The zero-order valence-electron chi connectivity index (χ0n) is 9.64. The highest BCUT2D eigenvalue weighted by Crippen LogP contribution is 2.36. The number of hydrazine groups is 1. The topological polar surface area (TPSA) is 31.2 Å². The van der Waals surface area contributed by atoms with Gasteiger partial charge in [-0.05, 0) is 25.1 Å². The Morgan fingerprint density at radius 1 is 1.22 bits per heavy atom. The zero-order valence-corrected chi connectivity index (χ0v) is 11.2. The molecule has 2 aliphatic rings. The Hall–Kier alpha value is -1.52. The maximum atomic E-state index is 6.21. The van der Waals surface area contributed by atoms with Crippen molar-refractivity contribution in [1.29, 1.82) is 0 Å². The molecule has 1 aromatic rings. The molecule has 0 spiro atoms. The molecule has 18 heavy (non-hydrogen) atoms. The van der Waals surface area contributed by atoms with Crippen LogP contribution in [0.4, 0.5) is 5.69 Å². The van der Waals surface area contributed by atoms with Crippen LogP contribution >= 0.6 is 23.2 Å². The lowest BCUT2D eigenvalue weighted by Gasteiger charge is -2.30. The van der Waals surface area contributed by atoms with Crippen molar-refractivity contribution in [3.63, 3.8) is 0 Å². The average Bonchev–Trinajstić information content (AvgIpc) is 2.72. The van der Waals surface area contributed by atoms with Gasteiger partial charge in [0, 0.05) is 11.9 Å². The number of allylic oxidation sites excluding steroid dienone is 1. The average molecular weight is 281 g/mol. The molecule has 0 unspecified atom stereocenters. The fraction of sp³-hybridized carbons (Fsp3) is 0.167. The Kier molecular flexibility index (Phi) is 2.76. The van der Waals surface area contributed by atoms with Gasteiger partial charge in [0.1, 0.15) is 6.67 Å². The first kappa shape index (κ1) is 11.6. The predicted molar refractivity (Wildman–Crippen MR) is 75.3 cm³/mol. The van der Waals surface area contributed by atoms with Gasteiger partial charge >= 0.3 is 0 Å². The second-order valence-electron chi connectivity index (χ2n) is 3.98. The molecule has 0 radical (unpaired) electrons. The van der Waals surface area contributed by atoms with Gasteiger partial charge in [0.15, 0.2) is 0 Å². The SMILES string of the molecule is CC1=NC2=NCN(c3c(Cl)cccc3Cl)N2C=C1. The molecule has 0 saturated carbocycles. The molecular formula is C12H10Cl2N4. The second-order valence-corrected chi connectivity index (χ2v) is 4.80. The standard InChI is InChI=1S/C12H10Cl2N4/c1-8-5-6-17-12(16-8)15-7-18(17)11-9(13)3-2-4-10(11)14/h2-6H,7H2,1H3. The molecule has 2 heterocycles. The second kappa shape index (κ2) is 4.30. The smallest absolute Gasteiger partial charge is 0.246 e. The van der Waals surface area contributed by atoms with Gasteiger partial charge in [-0.3, -0.25) is 5.01 Å². The van der Waals surface area contributed by atoms with Gasteiger partial charge in [-0.25, -0.2) is 15.0 Å². The molecule has 0 aliphatic carbocycles. The fourth-order valence-corrected chi connectivity index (χ4v) is 2.49. The molecule has 92 valence electrons. The molecule has 0 saturated heterocycles. The van der Waals surface area contributed by atoms with Gasteiger partial charge in [-0.15, -0.1) is 0 Å². The Labute approximate surface area is 115 Å². The highest BCUT2D eigenvalue weighted by atomic mass is 35.5. The van der Waals surface area contributed by atoms with Crippen LogP contribution < -0.4 is 5.01 Å². The van der Waals surface area contributed by atoms with E-state index >= 15 is 0 Å². The van der Waals surface area contributed by atoms with E-state index in [1.54, 1.807) is 0 Å². The van der Waals surface area contributed by atoms with E-state index in [2.05, 4.69) is 9.98 Å². The molecule has 6 heteroatoms. The van der Waals surface area contributed by atoms with Crippen LogP contribution in [0.15, 0.2) is 40.5 Å². The lowest BCUT2D eigenvalue weighted by molar-refractivity contribution is 0.540. The first-order valence-corrected chi connectivity index (χ1v) is 6.21. The van der Waals surface area contributed by atoms with Gasteiger partial charge in [0.25, 0.3) is 0 Å². The first-order chi connectivity index (χ1) is 8.66. The third kappa shape index (κ3) is 1.78. The van der Waals surface area contributed by atoms with E-state index in [0.717, 1.165) is 11.4 Å². The minimum atomic E-state index is 0.458. The first-order valence-electron chi connectivity index (χ1n) is 5.45. The molecule has 0 N–H and O–H groups in total. The molecular weight excluding hydrogens is 271 g/mol. The van der Waals surface area contributed by atoms with Crippen molar-refractivity contribution < 1.29 is 0 Å². The minimum absolute atomic E-state index is 0.458. The van der Waals surface area contributed by atoms with Crippen LogP contribution in [-0.2, 0) is 0 Å². The highest BCUT2D eigenvalue weighted by molar-refractivity contribution is 6.39. The molecule has 0 amide bonds. The third-order valence-corrected chi connectivity index (χ3v) is 3.35. The van der Waals surface area contributed by atoms with Crippen LogP contribution in [-0.4, -0.2) is 23.3 Å². The van der Waals surface area contributed by atoms with Gasteiger partial charge < -0.3 is 0 Å². The van der Waals surface area contributed by atoms with Gasteiger partial charge in [-0.2, -0.15) is 0 Å². The number of para-hydroxylation sites is 1. The van der Waals surface area contributed by atoms with E-state index in [1.165, 1.54) is 0 Å². The molecule has 1 aromatic carbocycles. The van der Waals surface area contributed by atoms with Gasteiger partial charge in [0.2, 0.25) is 5.96 Å². The van der Waals surface area contributed by atoms with Crippen molar-refractivity contribution in [2.24, 2.45) is 9.98 Å². The Bertz CT molecular complexity index is 571. The van der Waals surface area contributed by atoms with Crippen molar-refractivity contribution in [2.75, 3.05) is 11.7 Å². The molecule has 4 nitrogen and oxygen atoms in total. The van der Waals surface area contributed by atoms with E-state index in [4.69, 9.17) is 23.2 Å². The monoisotopic (exact) mass is 280 g/mol. The van der Waals surface area contributed by atoms with Crippen LogP contribution in [0, 0.1) is 0 Å². The fourth-order valence-electron chi connectivity index (χ4n) is 1.90. The van der Waals surface area contributed by atoms with Crippen molar-refractivity contribution in [3.8, 4) is 0 Å². The van der Waals surface area contributed by atoms with E-state index in [-0.39, 0.29) is 0 Å². The van der Waals surface area contributed by atoms with Crippen molar-refractivity contribution in [3.05, 3.63) is 40.5 Å². The lowest BCUT2D eigenvalue weighted by atomic mass is 10.3. The van der Waals surface area contributed by atoms with Crippen molar-refractivity contribution in [1.82, 2.24) is 5.01 Å². The predicted octanol–water partition coefficient (Wildman–Crippen LogP) is 3.33. The van der Waals surface area contributed by atoms with Crippen LogP contribution in [0.2, 0.25) is 10.0 Å². The van der Waals surface area contributed by atoms with Crippen LogP contribution in [0.1, 0.15) is 6.92 Å². The quantitative estimate of drug-likeness (QED) is 0.790. The third-order valence-electron chi connectivity index (χ3n) is 2.74. The normalized spacial score (nSPS) is 17.7. The zero-order chi connectivity index (χ0) is 12.7. The summed E-state index contributed by atoms with van der Waals surface area (Å²) in [6.07, 6.45) is 3.83. The lowest BCUT2D eigenvalue weighted by Crippen LogP contribution is -2.38. The number of nitrogens with zero attached hydrogens (tertiary/aromatic N) is 4. The summed E-state index contributed by atoms with van der Waals surface area (Å²) in [6, 6.07) is 5.44. The number of fused-ring (bicyclic) bond motifs is 1. The number of benzene rings is 1. The van der Waals surface area contributed by atoms with Crippen LogP contribution in [0.5, 0.6) is 0 Å². The summed E-state index contributed by atoms with van der Waals surface area (Å²) in [7, 11) is 0. The molecule has 3 rings (SSSR count). The van der Waals surface area contributed by atoms with Gasteiger partial charge in [-0.1, -0.05) is 29.3 Å². The summed E-state index contributed by atoms with van der Waals surface area (Å²) < 4.78 is 0. The molecule has 0 atom stereocenters. The van der Waals surface area contributed by atoms with E-state index in [1.807, 2.05) is 47.4 Å². The summed E-state index contributed by atoms with van der Waals surface area (Å²) >= 11 is 12.4. The Balaban J connectivity index is 2.00. The van der Waals surface area contributed by atoms with E-state index < -0.39 is 0 Å². The van der Waals surface area contributed by atoms with Crippen LogP contribution in [0.25, 0.3) is 0 Å². The molecule has 0 bridgehead atoms. The summed E-state index contributed by atoms with van der Waals surface area (Å²) in [4.78, 5) is 8.72. The minimum Gasteiger partial charge on any atom is -0.254 e. The van der Waals surface area contributed by atoms with Crippen molar-refractivity contribution in [2.45, 2.75) is 6.92 Å². The van der Waals surface area contributed by atoms with E-state index in [9.17, 15) is 0 Å². The number of anilines is 1. The Morgan fingerprint density at radius 2 is 1.94 bits per heavy atom. The summed E-state index contributed by atoms with van der Waals surface area (Å²) in [5, 5.41) is 4.93. The number of hydrogen-bond donors (Lipinski definition) is 0. The molecule has 0 aromatic heterocycles. The number of hydrogen-bond acceptors (Lipinski definition) is 4. The van der Waals surface area contributed by atoms with Crippen molar-refractivity contribution >= 4 is 40.6 Å². The van der Waals surface area contributed by atoms with Gasteiger partial charge in [0.05, 0.1) is 15.7 Å². The maximum absolute atomic E-state index is 6.21. The summed E-state index contributed by atoms with van der Waals surface area (Å²) in [5.74, 6) is 0.658. The number of halogens is 2. The molecule has 0 fully saturated rings. The van der Waals surface area contributed by atoms with Crippen LogP contribution in [0.3, 0.4) is 0 Å². The number of guanidine groups is 1. The van der Waals surface area contributed by atoms with E-state index in [0.29, 0.717) is 22.7 Å². The largest absolute Gasteiger partial charge is 0.254 e.